The maximum atomic E-state index is 12.5. The van der Waals surface area contributed by atoms with Crippen LogP contribution in [-0.4, -0.2) is 51.9 Å². The van der Waals surface area contributed by atoms with E-state index in [2.05, 4.69) is 20.0 Å². The van der Waals surface area contributed by atoms with Gasteiger partial charge in [-0.2, -0.15) is 13.8 Å². The van der Waals surface area contributed by atoms with Gasteiger partial charge in [-0.25, -0.2) is 4.98 Å². The first-order valence-corrected chi connectivity index (χ1v) is 10.1. The van der Waals surface area contributed by atoms with Crippen LogP contribution >= 0.6 is 11.6 Å². The van der Waals surface area contributed by atoms with Gasteiger partial charge in [0.2, 0.25) is 11.8 Å². The normalized spacial score (nSPS) is 20.4. The highest BCUT2D eigenvalue weighted by molar-refractivity contribution is 6.36. The van der Waals surface area contributed by atoms with Gasteiger partial charge in [0.05, 0.1) is 24.4 Å². The van der Waals surface area contributed by atoms with Crippen molar-refractivity contribution >= 4 is 28.5 Å². The number of halogens is 3. The van der Waals surface area contributed by atoms with Crippen LogP contribution in [-0.2, 0) is 16.6 Å². The van der Waals surface area contributed by atoms with Crippen molar-refractivity contribution in [2.45, 2.75) is 64.4 Å². The van der Waals surface area contributed by atoms with Gasteiger partial charge in [0, 0.05) is 20.0 Å². The number of ether oxygens (including phenoxy) is 3. The lowest BCUT2D eigenvalue weighted by atomic mass is 9.95. The van der Waals surface area contributed by atoms with Crippen LogP contribution < -0.4 is 14.8 Å². The number of carbonyl (C=O) groups is 1. The fourth-order valence-corrected chi connectivity index (χ4v) is 3.85. The van der Waals surface area contributed by atoms with Crippen molar-refractivity contribution in [3.63, 3.8) is 0 Å². The molecule has 1 N–H and O–H groups in total. The minimum absolute atomic E-state index is 0.0335. The highest BCUT2D eigenvalue weighted by Crippen LogP contribution is 2.34. The van der Waals surface area contributed by atoms with Crippen LogP contribution in [0.3, 0.4) is 0 Å². The Labute approximate surface area is 177 Å². The molecule has 1 atom stereocenters. The molecule has 0 unspecified atom stereocenters. The molecule has 1 aliphatic rings. The average Bonchev–Trinajstić information content (AvgIpc) is 2.99. The zero-order valence-corrected chi connectivity index (χ0v) is 17.8. The van der Waals surface area contributed by atoms with Gasteiger partial charge in [-0.15, -0.1) is 0 Å². The van der Waals surface area contributed by atoms with E-state index in [0.29, 0.717) is 23.7 Å². The molecule has 1 saturated carbocycles. The summed E-state index contributed by atoms with van der Waals surface area (Å²) in [5.41, 5.74) is 0.851. The Kier molecular flexibility index (Phi) is 7.30. The zero-order chi connectivity index (χ0) is 21.8. The predicted molar refractivity (Wildman–Crippen MR) is 106 cm³/mol. The quantitative estimate of drug-likeness (QED) is 0.668. The summed E-state index contributed by atoms with van der Waals surface area (Å²) in [6, 6.07) is 0.306. The van der Waals surface area contributed by atoms with Crippen molar-refractivity contribution in [1.29, 1.82) is 0 Å². The topological polar surface area (TPSA) is 87.5 Å². The molecule has 30 heavy (non-hydrogen) atoms. The summed E-state index contributed by atoms with van der Waals surface area (Å²) in [5.74, 6) is -0.422. The number of hydrogen-bond donors (Lipinski definition) is 1. The molecule has 1 aliphatic carbocycles. The monoisotopic (exact) mass is 446 g/mol. The molecule has 11 heteroatoms. The van der Waals surface area contributed by atoms with Gasteiger partial charge >= 0.3 is 6.61 Å². The number of amides is 1. The number of hydrogen-bond acceptors (Lipinski definition) is 6. The summed E-state index contributed by atoms with van der Waals surface area (Å²) < 4.78 is 42.9. The van der Waals surface area contributed by atoms with Crippen molar-refractivity contribution in [1.82, 2.24) is 19.9 Å². The van der Waals surface area contributed by atoms with Crippen LogP contribution in [0, 0.1) is 0 Å². The van der Waals surface area contributed by atoms with Crippen molar-refractivity contribution < 1.29 is 27.8 Å². The molecule has 8 nitrogen and oxygen atoms in total. The van der Waals surface area contributed by atoms with Gasteiger partial charge in [0.1, 0.15) is 16.6 Å². The summed E-state index contributed by atoms with van der Waals surface area (Å²) in [6.45, 7) is 0.833. The maximum Gasteiger partial charge on any atom is 0.388 e. The largest absolute Gasteiger partial charge is 0.461 e. The van der Waals surface area contributed by atoms with E-state index in [1.165, 1.54) is 13.1 Å². The number of nitrogens with one attached hydrogen (secondary N) is 1. The molecular formula is C19H25ClF2N4O4. The third kappa shape index (κ3) is 5.48. The Hall–Kier alpha value is -2.20. The van der Waals surface area contributed by atoms with Crippen molar-refractivity contribution in [2.75, 3.05) is 6.61 Å². The Morgan fingerprint density at radius 2 is 2.00 bits per heavy atom. The molecule has 3 rings (SSSR count). The van der Waals surface area contributed by atoms with Gasteiger partial charge in [0.15, 0.2) is 0 Å². The minimum atomic E-state index is -3.02. The predicted octanol–water partition coefficient (Wildman–Crippen LogP) is 3.45. The lowest BCUT2D eigenvalue weighted by molar-refractivity contribution is -0.120. The zero-order valence-electron chi connectivity index (χ0n) is 17.0. The Morgan fingerprint density at radius 3 is 2.63 bits per heavy atom. The third-order valence-electron chi connectivity index (χ3n) is 4.91. The van der Waals surface area contributed by atoms with Crippen LogP contribution in [0.2, 0.25) is 5.02 Å². The number of fused-ring (bicyclic) bond motifs is 1. The average molecular weight is 447 g/mol. The van der Waals surface area contributed by atoms with Crippen LogP contribution in [0.5, 0.6) is 11.9 Å². The molecule has 0 bridgehead atoms. The van der Waals surface area contributed by atoms with Gasteiger partial charge in [-0.05, 0) is 32.6 Å². The SMILES string of the molecule is CC(=O)N[C@@H](C)COC1CCC(Oc2nc3cnc(OC(F)F)c(Cl)c3n2C)CC1. The number of pyridine rings is 1. The first-order chi connectivity index (χ1) is 14.2. The molecule has 0 saturated heterocycles. The molecule has 166 valence electrons. The fourth-order valence-electron chi connectivity index (χ4n) is 3.53. The van der Waals surface area contributed by atoms with Crippen LogP contribution in [0.1, 0.15) is 39.5 Å². The number of alkyl halides is 2. The highest BCUT2D eigenvalue weighted by atomic mass is 35.5. The second-order valence-electron chi connectivity index (χ2n) is 7.39. The highest BCUT2D eigenvalue weighted by Gasteiger charge is 2.26. The van der Waals surface area contributed by atoms with E-state index in [0.717, 1.165) is 25.7 Å². The Balaban J connectivity index is 1.58. The molecule has 0 aliphatic heterocycles. The van der Waals surface area contributed by atoms with Crippen molar-refractivity contribution in [2.24, 2.45) is 7.05 Å². The molecule has 2 heterocycles. The summed E-state index contributed by atoms with van der Waals surface area (Å²) >= 11 is 6.18. The third-order valence-corrected chi connectivity index (χ3v) is 5.25. The standard InChI is InChI=1S/C19H25ClF2N4O4/c1-10(24-11(2)27)9-28-12-4-6-13(7-5-12)29-19-25-14-8-23-17(30-18(21)22)15(20)16(14)26(19)3/h8,10,12-13,18H,4-7,9H2,1-3H3,(H,24,27)/t10-,12?,13?/m0/s1. The number of carbonyl (C=O) groups excluding carboxylic acids is 1. The molecule has 2 aromatic rings. The number of nitrogens with zero attached hydrogens (tertiary/aromatic N) is 3. The maximum absolute atomic E-state index is 12.5. The van der Waals surface area contributed by atoms with E-state index in [4.69, 9.17) is 21.1 Å². The smallest absolute Gasteiger partial charge is 0.388 e. The molecule has 0 aromatic carbocycles. The second-order valence-corrected chi connectivity index (χ2v) is 7.77. The summed E-state index contributed by atoms with van der Waals surface area (Å²) in [4.78, 5) is 19.2. The molecule has 1 fully saturated rings. The lowest BCUT2D eigenvalue weighted by Gasteiger charge is -2.29. The number of aryl methyl sites for hydroxylation is 1. The first kappa shape index (κ1) is 22.5. The second kappa shape index (κ2) is 9.74. The molecular weight excluding hydrogens is 422 g/mol. The van der Waals surface area contributed by atoms with E-state index in [-0.39, 0.29) is 35.1 Å². The summed E-state index contributed by atoms with van der Waals surface area (Å²) in [7, 11) is 1.70. The van der Waals surface area contributed by atoms with E-state index < -0.39 is 6.61 Å². The van der Waals surface area contributed by atoms with Crippen LogP contribution in [0.4, 0.5) is 8.78 Å². The minimum Gasteiger partial charge on any atom is -0.461 e. The van der Waals surface area contributed by atoms with E-state index >= 15 is 0 Å². The van der Waals surface area contributed by atoms with Crippen molar-refractivity contribution in [3.8, 4) is 11.9 Å². The van der Waals surface area contributed by atoms with Crippen LogP contribution in [0.25, 0.3) is 11.0 Å². The van der Waals surface area contributed by atoms with Crippen molar-refractivity contribution in [3.05, 3.63) is 11.2 Å². The molecule has 1 amide bonds. The summed E-state index contributed by atoms with van der Waals surface area (Å²) in [5, 5.41) is 2.76. The van der Waals surface area contributed by atoms with Gasteiger partial charge in [-0.1, -0.05) is 11.6 Å². The van der Waals surface area contributed by atoms with Crippen LogP contribution in [0.15, 0.2) is 6.20 Å². The first-order valence-electron chi connectivity index (χ1n) is 9.75. The van der Waals surface area contributed by atoms with E-state index in [1.54, 1.807) is 11.6 Å². The Morgan fingerprint density at radius 1 is 1.33 bits per heavy atom. The number of imidazole rings is 1. The molecule has 2 aromatic heterocycles. The molecule has 0 spiro atoms. The van der Waals surface area contributed by atoms with Gasteiger partial charge in [0.25, 0.3) is 6.01 Å². The number of aromatic nitrogens is 3. The fraction of sp³-hybridized carbons (Fsp3) is 0.632. The van der Waals surface area contributed by atoms with Gasteiger partial charge in [-0.3, -0.25) is 9.36 Å². The number of rotatable bonds is 8. The Bertz CT molecular complexity index is 887. The van der Waals surface area contributed by atoms with Gasteiger partial charge < -0.3 is 19.5 Å². The van der Waals surface area contributed by atoms with E-state index in [9.17, 15) is 13.6 Å². The molecule has 0 radical (unpaired) electrons. The lowest BCUT2D eigenvalue weighted by Crippen LogP contribution is -2.37. The van der Waals surface area contributed by atoms with E-state index in [1.807, 2.05) is 6.92 Å². The summed E-state index contributed by atoms with van der Waals surface area (Å²) in [6.07, 6.45) is 4.63.